The van der Waals surface area contributed by atoms with Crippen molar-refractivity contribution < 1.29 is 0 Å². The number of anilines is 1. The van der Waals surface area contributed by atoms with Crippen molar-refractivity contribution in [1.82, 2.24) is 4.57 Å². The molecule has 0 radical (unpaired) electrons. The van der Waals surface area contributed by atoms with Crippen molar-refractivity contribution >= 4 is 16.6 Å². The van der Waals surface area contributed by atoms with Crippen molar-refractivity contribution in [2.45, 2.75) is 12.5 Å². The van der Waals surface area contributed by atoms with Crippen LogP contribution < -0.4 is 5.32 Å². The van der Waals surface area contributed by atoms with Crippen LogP contribution in [0.5, 0.6) is 0 Å². The summed E-state index contributed by atoms with van der Waals surface area (Å²) in [5, 5.41) is 4.54. The van der Waals surface area contributed by atoms with E-state index in [1.54, 1.807) is 0 Å². The molecule has 1 N–H and O–H groups in total. The van der Waals surface area contributed by atoms with Crippen molar-refractivity contribution in [3.63, 3.8) is 0 Å². The lowest BCUT2D eigenvalue weighted by Crippen LogP contribution is -2.03. The molecular weight excluding hydrogens is 376 g/mol. The number of nitrogens with zero attached hydrogens (tertiary/aromatic N) is 1. The minimum Gasteiger partial charge on any atom is -0.388 e. The Kier molecular flexibility index (Phi) is 5.28. The Bertz CT molecular complexity index is 1270. The van der Waals surface area contributed by atoms with E-state index in [2.05, 4.69) is 125 Å². The number of rotatable bonds is 6. The van der Waals surface area contributed by atoms with Gasteiger partial charge >= 0.3 is 0 Å². The second-order valence-corrected chi connectivity index (χ2v) is 7.93. The second-order valence-electron chi connectivity index (χ2n) is 7.93. The smallest absolute Gasteiger partial charge is 0.0486 e. The van der Waals surface area contributed by atoms with Crippen molar-refractivity contribution in [1.29, 1.82) is 0 Å². The fourth-order valence-corrected chi connectivity index (χ4v) is 4.46. The van der Waals surface area contributed by atoms with Crippen molar-refractivity contribution in [2.75, 3.05) is 12.4 Å². The summed E-state index contributed by atoms with van der Waals surface area (Å²) in [6, 6.07) is 39.1. The molecule has 0 fully saturated rings. The minimum atomic E-state index is 0.175. The van der Waals surface area contributed by atoms with Crippen LogP contribution in [0.1, 0.15) is 28.2 Å². The number of para-hydroxylation sites is 1. The van der Waals surface area contributed by atoms with Gasteiger partial charge in [0.2, 0.25) is 0 Å². The van der Waals surface area contributed by atoms with E-state index in [9.17, 15) is 0 Å². The van der Waals surface area contributed by atoms with Gasteiger partial charge in [0.05, 0.1) is 0 Å². The van der Waals surface area contributed by atoms with Gasteiger partial charge in [0, 0.05) is 42.3 Å². The van der Waals surface area contributed by atoms with Crippen LogP contribution in [0, 0.1) is 0 Å². The Morgan fingerprint density at radius 3 is 2.00 bits per heavy atom. The number of hydrogen-bond donors (Lipinski definition) is 1. The summed E-state index contributed by atoms with van der Waals surface area (Å²) in [5.41, 5.74) is 7.66. The van der Waals surface area contributed by atoms with Crippen LogP contribution in [0.2, 0.25) is 0 Å². The SMILES string of the molecule is CNc1ccc(C(c2ccccc2)c2cn(Cc3ccccc3)c3ccccc23)cc1. The molecule has 31 heavy (non-hydrogen) atoms. The van der Waals surface area contributed by atoms with Gasteiger partial charge in [-0.2, -0.15) is 0 Å². The molecule has 1 unspecified atom stereocenters. The Morgan fingerprint density at radius 2 is 1.29 bits per heavy atom. The molecule has 0 amide bonds. The molecule has 2 heteroatoms. The molecule has 5 rings (SSSR count). The van der Waals surface area contributed by atoms with Gasteiger partial charge in [-0.25, -0.2) is 0 Å². The van der Waals surface area contributed by atoms with E-state index in [1.165, 1.54) is 33.2 Å². The van der Waals surface area contributed by atoms with E-state index in [-0.39, 0.29) is 5.92 Å². The van der Waals surface area contributed by atoms with Crippen LogP contribution in [0.3, 0.4) is 0 Å². The fraction of sp³-hybridized carbons (Fsp3) is 0.103. The highest BCUT2D eigenvalue weighted by atomic mass is 15.0. The molecule has 0 spiro atoms. The largest absolute Gasteiger partial charge is 0.388 e. The standard InChI is InChI=1S/C29H26N2/c1-30-25-18-16-24(17-19-25)29(23-12-6-3-7-13-23)27-21-31(20-22-10-4-2-5-11-22)28-15-9-8-14-26(27)28/h2-19,21,29-30H,20H2,1H3. The normalized spacial score (nSPS) is 12.0. The van der Waals surface area contributed by atoms with Crippen molar-refractivity contribution in [3.05, 3.63) is 138 Å². The average Bonchev–Trinajstić information content (AvgIpc) is 3.19. The lowest BCUT2D eigenvalue weighted by Gasteiger charge is -2.18. The lowest BCUT2D eigenvalue weighted by molar-refractivity contribution is 0.826. The number of fused-ring (bicyclic) bond motifs is 1. The zero-order valence-corrected chi connectivity index (χ0v) is 17.7. The first-order chi connectivity index (χ1) is 15.3. The van der Waals surface area contributed by atoms with E-state index in [4.69, 9.17) is 0 Å². The van der Waals surface area contributed by atoms with Crippen molar-refractivity contribution in [2.24, 2.45) is 0 Å². The summed E-state index contributed by atoms with van der Waals surface area (Å²) in [6.07, 6.45) is 2.35. The zero-order valence-electron chi connectivity index (χ0n) is 17.7. The van der Waals surface area contributed by atoms with Crippen LogP contribution in [-0.2, 0) is 6.54 Å². The molecule has 0 saturated carbocycles. The maximum absolute atomic E-state index is 3.23. The predicted molar refractivity (Wildman–Crippen MR) is 131 cm³/mol. The molecule has 0 aliphatic carbocycles. The third-order valence-electron chi connectivity index (χ3n) is 5.99. The van der Waals surface area contributed by atoms with Gasteiger partial charge < -0.3 is 9.88 Å². The topological polar surface area (TPSA) is 17.0 Å². The molecular formula is C29H26N2. The first kappa shape index (κ1) is 19.2. The number of hydrogen-bond acceptors (Lipinski definition) is 1. The summed E-state index contributed by atoms with van der Waals surface area (Å²) < 4.78 is 2.39. The molecule has 2 nitrogen and oxygen atoms in total. The molecule has 5 aromatic rings. The Labute approximate surface area is 183 Å². The first-order valence-corrected chi connectivity index (χ1v) is 10.8. The van der Waals surface area contributed by atoms with Gasteiger partial charge in [-0.05, 0) is 40.5 Å². The van der Waals surface area contributed by atoms with Gasteiger partial charge in [-0.3, -0.25) is 0 Å². The molecule has 1 aromatic heterocycles. The third kappa shape index (κ3) is 3.85. The van der Waals surface area contributed by atoms with Gasteiger partial charge in [0.25, 0.3) is 0 Å². The fourth-order valence-electron chi connectivity index (χ4n) is 4.46. The van der Waals surface area contributed by atoms with E-state index in [1.807, 2.05) is 7.05 Å². The quantitative estimate of drug-likeness (QED) is 0.326. The number of aromatic nitrogens is 1. The van der Waals surface area contributed by atoms with E-state index < -0.39 is 0 Å². The summed E-state index contributed by atoms with van der Waals surface area (Å²) in [4.78, 5) is 0. The number of benzene rings is 4. The summed E-state index contributed by atoms with van der Waals surface area (Å²) >= 11 is 0. The Hall–Kier alpha value is -3.78. The maximum atomic E-state index is 3.23. The second kappa shape index (κ2) is 8.53. The third-order valence-corrected chi connectivity index (χ3v) is 5.99. The average molecular weight is 403 g/mol. The molecule has 1 atom stereocenters. The molecule has 0 aliphatic rings. The molecule has 4 aromatic carbocycles. The lowest BCUT2D eigenvalue weighted by atomic mass is 9.85. The van der Waals surface area contributed by atoms with Crippen LogP contribution in [0.15, 0.2) is 115 Å². The van der Waals surface area contributed by atoms with Gasteiger partial charge in [0.1, 0.15) is 0 Å². The van der Waals surface area contributed by atoms with E-state index in [0.29, 0.717) is 0 Å². The van der Waals surface area contributed by atoms with Gasteiger partial charge in [-0.15, -0.1) is 0 Å². The Balaban J connectivity index is 1.68. The van der Waals surface area contributed by atoms with Crippen molar-refractivity contribution in [3.8, 4) is 0 Å². The first-order valence-electron chi connectivity index (χ1n) is 10.8. The van der Waals surface area contributed by atoms with Gasteiger partial charge in [-0.1, -0.05) is 91.0 Å². The summed E-state index contributed by atoms with van der Waals surface area (Å²) in [7, 11) is 1.96. The monoisotopic (exact) mass is 402 g/mol. The van der Waals surface area contributed by atoms with Gasteiger partial charge in [0.15, 0.2) is 0 Å². The number of nitrogens with one attached hydrogen (secondary N) is 1. The zero-order chi connectivity index (χ0) is 21.0. The van der Waals surface area contributed by atoms with Crippen LogP contribution in [0.25, 0.3) is 10.9 Å². The summed E-state index contributed by atoms with van der Waals surface area (Å²) in [5.74, 6) is 0.175. The highest BCUT2D eigenvalue weighted by Crippen LogP contribution is 2.37. The predicted octanol–water partition coefficient (Wildman–Crippen LogP) is 6.91. The Morgan fingerprint density at radius 1 is 0.677 bits per heavy atom. The van der Waals surface area contributed by atoms with E-state index in [0.717, 1.165) is 12.2 Å². The summed E-state index contributed by atoms with van der Waals surface area (Å²) in [6.45, 7) is 0.863. The van der Waals surface area contributed by atoms with Crippen LogP contribution in [-0.4, -0.2) is 11.6 Å². The highest BCUT2D eigenvalue weighted by molar-refractivity contribution is 5.85. The molecule has 0 saturated heterocycles. The maximum Gasteiger partial charge on any atom is 0.0486 e. The molecule has 0 bridgehead atoms. The van der Waals surface area contributed by atoms with E-state index >= 15 is 0 Å². The van der Waals surface area contributed by atoms with Crippen LogP contribution in [0.4, 0.5) is 5.69 Å². The minimum absolute atomic E-state index is 0.175. The molecule has 1 heterocycles. The van der Waals surface area contributed by atoms with Crippen LogP contribution >= 0.6 is 0 Å². The highest BCUT2D eigenvalue weighted by Gasteiger charge is 2.21. The molecule has 0 aliphatic heterocycles. The molecule has 152 valence electrons.